The molecule has 3 heterocycles. The monoisotopic (exact) mass is 402 g/mol. The summed E-state index contributed by atoms with van der Waals surface area (Å²) in [5, 5.41) is 2.14. The maximum absolute atomic E-state index is 5.83. The molecule has 1 fully saturated rings. The van der Waals surface area contributed by atoms with Crippen molar-refractivity contribution in [1.82, 2.24) is 9.97 Å². The van der Waals surface area contributed by atoms with Crippen LogP contribution in [-0.4, -0.2) is 36.3 Å². The Morgan fingerprint density at radius 3 is 2.52 bits per heavy atom. The van der Waals surface area contributed by atoms with Gasteiger partial charge >= 0.3 is 0 Å². The quantitative estimate of drug-likeness (QED) is 0.514. The molecule has 1 aliphatic rings. The molecule has 0 unspecified atom stereocenters. The summed E-state index contributed by atoms with van der Waals surface area (Å²) in [6.45, 7) is 3.50. The van der Waals surface area contributed by atoms with Gasteiger partial charge in [0.2, 0.25) is 0 Å². The van der Waals surface area contributed by atoms with Gasteiger partial charge in [0, 0.05) is 48.0 Å². The number of anilines is 2. The average molecular weight is 403 g/mol. The molecule has 1 saturated heterocycles. The lowest BCUT2D eigenvalue weighted by atomic mass is 10.1. The topological polar surface area (TPSA) is 64.3 Å². The van der Waals surface area contributed by atoms with Crippen molar-refractivity contribution in [3.8, 4) is 11.1 Å². The first kappa shape index (κ1) is 18.1. The van der Waals surface area contributed by atoms with Crippen LogP contribution in [-0.2, 0) is 11.2 Å². The zero-order valence-corrected chi connectivity index (χ0v) is 16.9. The first-order chi connectivity index (χ1) is 14.3. The summed E-state index contributed by atoms with van der Waals surface area (Å²) in [6.07, 6.45) is 2.65. The molecule has 2 N–H and O–H groups in total. The molecule has 0 amide bonds. The molecule has 6 heteroatoms. The van der Waals surface area contributed by atoms with Gasteiger partial charge in [-0.2, -0.15) is 0 Å². The fourth-order valence-corrected chi connectivity index (χ4v) is 4.52. The van der Waals surface area contributed by atoms with Crippen LogP contribution >= 0.6 is 11.3 Å². The van der Waals surface area contributed by atoms with Crippen molar-refractivity contribution in [3.63, 3.8) is 0 Å². The van der Waals surface area contributed by atoms with Crippen molar-refractivity contribution in [2.24, 2.45) is 0 Å². The van der Waals surface area contributed by atoms with Gasteiger partial charge in [-0.3, -0.25) is 0 Å². The van der Waals surface area contributed by atoms with E-state index in [1.165, 1.54) is 11.3 Å². The molecule has 146 valence electrons. The Bertz CT molecular complexity index is 1120. The first-order valence-corrected chi connectivity index (χ1v) is 10.6. The highest BCUT2D eigenvalue weighted by Crippen LogP contribution is 2.33. The number of morpholine rings is 1. The van der Waals surface area contributed by atoms with E-state index in [0.717, 1.165) is 65.6 Å². The van der Waals surface area contributed by atoms with Gasteiger partial charge in [0.05, 0.1) is 23.4 Å². The summed E-state index contributed by atoms with van der Waals surface area (Å²) in [5.41, 5.74) is 12.3. The molecule has 5 nitrogen and oxygen atoms in total. The van der Waals surface area contributed by atoms with Gasteiger partial charge in [-0.15, -0.1) is 11.3 Å². The maximum Gasteiger partial charge on any atom is 0.133 e. The van der Waals surface area contributed by atoms with Crippen molar-refractivity contribution < 1.29 is 4.74 Å². The van der Waals surface area contributed by atoms with Crippen LogP contribution in [0.1, 0.15) is 11.4 Å². The summed E-state index contributed by atoms with van der Waals surface area (Å²) in [6, 6.07) is 16.7. The highest BCUT2D eigenvalue weighted by molar-refractivity contribution is 7.17. The molecule has 2 aromatic heterocycles. The minimum absolute atomic E-state index is 0.719. The Kier molecular flexibility index (Phi) is 4.87. The summed E-state index contributed by atoms with van der Waals surface area (Å²) < 4.78 is 6.54. The smallest absolute Gasteiger partial charge is 0.133 e. The van der Waals surface area contributed by atoms with Crippen LogP contribution < -0.4 is 10.6 Å². The van der Waals surface area contributed by atoms with Crippen molar-refractivity contribution in [1.29, 1.82) is 0 Å². The van der Waals surface area contributed by atoms with Gasteiger partial charge in [0.25, 0.3) is 0 Å². The van der Waals surface area contributed by atoms with Gasteiger partial charge in [-0.05, 0) is 35.4 Å². The lowest BCUT2D eigenvalue weighted by molar-refractivity contribution is 0.122. The van der Waals surface area contributed by atoms with Gasteiger partial charge in [0.15, 0.2) is 0 Å². The minimum atomic E-state index is 0.719. The van der Waals surface area contributed by atoms with E-state index < -0.39 is 0 Å². The predicted molar refractivity (Wildman–Crippen MR) is 120 cm³/mol. The zero-order valence-electron chi connectivity index (χ0n) is 16.0. The lowest BCUT2D eigenvalue weighted by Gasteiger charge is -2.28. The minimum Gasteiger partial charge on any atom is -0.399 e. The van der Waals surface area contributed by atoms with Crippen molar-refractivity contribution in [3.05, 3.63) is 71.5 Å². The Labute approximate surface area is 173 Å². The number of aromatic nitrogens is 2. The summed E-state index contributed by atoms with van der Waals surface area (Å²) in [4.78, 5) is 11.8. The first-order valence-electron chi connectivity index (χ1n) is 9.77. The van der Waals surface area contributed by atoms with Crippen molar-refractivity contribution in [2.45, 2.75) is 6.42 Å². The largest absolute Gasteiger partial charge is 0.399 e. The standard InChI is InChI=1S/C23H22N4OS/c24-18-5-3-17(4-6-18)20-15-29-21-14-25-22(26-23(20)21)13-16-1-7-19(8-2-16)27-9-11-28-12-10-27/h1-8,14-15H,9-13,24H2. The van der Waals surface area contributed by atoms with Crippen LogP contribution in [0.15, 0.2) is 60.1 Å². The van der Waals surface area contributed by atoms with E-state index in [9.17, 15) is 0 Å². The normalized spacial score (nSPS) is 14.4. The van der Waals surface area contributed by atoms with Crippen LogP contribution in [0.25, 0.3) is 21.3 Å². The van der Waals surface area contributed by atoms with E-state index in [4.69, 9.17) is 15.5 Å². The summed E-state index contributed by atoms with van der Waals surface area (Å²) in [7, 11) is 0. The third-order valence-electron chi connectivity index (χ3n) is 5.26. The highest BCUT2D eigenvalue weighted by atomic mass is 32.1. The number of thiophene rings is 1. The van der Waals surface area contributed by atoms with Gasteiger partial charge in [-0.1, -0.05) is 24.3 Å². The lowest BCUT2D eigenvalue weighted by Crippen LogP contribution is -2.36. The number of nitrogens with two attached hydrogens (primary N) is 1. The SMILES string of the molecule is Nc1ccc(-c2csc3cnc(Cc4ccc(N5CCOCC5)cc4)nc23)cc1. The molecule has 0 aliphatic carbocycles. The molecule has 0 saturated carbocycles. The fourth-order valence-electron chi connectivity index (χ4n) is 3.65. The second kappa shape index (κ2) is 7.81. The summed E-state index contributed by atoms with van der Waals surface area (Å²) >= 11 is 1.67. The Morgan fingerprint density at radius 1 is 1.00 bits per heavy atom. The molecule has 2 aromatic carbocycles. The van der Waals surface area contributed by atoms with E-state index in [1.54, 1.807) is 11.3 Å². The average Bonchev–Trinajstić information content (AvgIpc) is 3.19. The van der Waals surface area contributed by atoms with Crippen LogP contribution in [0.4, 0.5) is 11.4 Å². The molecule has 5 rings (SSSR count). The second-order valence-electron chi connectivity index (χ2n) is 7.21. The Morgan fingerprint density at radius 2 is 1.76 bits per heavy atom. The van der Waals surface area contributed by atoms with Crippen molar-refractivity contribution >= 4 is 32.9 Å². The highest BCUT2D eigenvalue weighted by Gasteiger charge is 2.12. The van der Waals surface area contributed by atoms with E-state index in [2.05, 4.69) is 39.5 Å². The van der Waals surface area contributed by atoms with Crippen LogP contribution in [0.2, 0.25) is 0 Å². The molecule has 0 radical (unpaired) electrons. The number of nitrogen functional groups attached to an aromatic ring is 1. The number of hydrogen-bond donors (Lipinski definition) is 1. The molecule has 29 heavy (non-hydrogen) atoms. The number of benzene rings is 2. The molecule has 1 aliphatic heterocycles. The number of ether oxygens (including phenoxy) is 1. The van der Waals surface area contributed by atoms with E-state index in [1.807, 2.05) is 30.5 Å². The zero-order chi connectivity index (χ0) is 19.6. The molecule has 4 aromatic rings. The fraction of sp³-hybridized carbons (Fsp3) is 0.217. The van der Waals surface area contributed by atoms with E-state index >= 15 is 0 Å². The number of hydrogen-bond acceptors (Lipinski definition) is 6. The maximum atomic E-state index is 5.83. The van der Waals surface area contributed by atoms with E-state index in [-0.39, 0.29) is 0 Å². The van der Waals surface area contributed by atoms with Crippen molar-refractivity contribution in [2.75, 3.05) is 36.9 Å². The number of rotatable bonds is 4. The summed E-state index contributed by atoms with van der Waals surface area (Å²) in [5.74, 6) is 0.840. The predicted octanol–water partition coefficient (Wildman–Crippen LogP) is 4.37. The third-order valence-corrected chi connectivity index (χ3v) is 6.17. The van der Waals surface area contributed by atoms with E-state index in [0.29, 0.717) is 0 Å². The Balaban J connectivity index is 1.39. The molecular formula is C23H22N4OS. The van der Waals surface area contributed by atoms with Crippen LogP contribution in [0, 0.1) is 0 Å². The Hall–Kier alpha value is -2.96. The van der Waals surface area contributed by atoms with Gasteiger partial charge < -0.3 is 15.4 Å². The van der Waals surface area contributed by atoms with Crippen LogP contribution in [0.3, 0.4) is 0 Å². The second-order valence-corrected chi connectivity index (χ2v) is 8.12. The number of nitrogens with zero attached hydrogens (tertiary/aromatic N) is 3. The van der Waals surface area contributed by atoms with Gasteiger partial charge in [-0.25, -0.2) is 9.97 Å². The molecule has 0 spiro atoms. The number of fused-ring (bicyclic) bond motifs is 1. The molecular weight excluding hydrogens is 380 g/mol. The molecule has 0 atom stereocenters. The molecule has 0 bridgehead atoms. The third kappa shape index (κ3) is 3.81. The van der Waals surface area contributed by atoms with Gasteiger partial charge in [0.1, 0.15) is 5.82 Å². The van der Waals surface area contributed by atoms with Crippen LogP contribution in [0.5, 0.6) is 0 Å².